The predicted molar refractivity (Wildman–Crippen MR) is 129 cm³/mol. The molecule has 4 heterocycles. The average molecular weight is 432 g/mol. The summed E-state index contributed by atoms with van der Waals surface area (Å²) in [5.74, 6) is 1.25. The van der Waals surface area contributed by atoms with Crippen LogP contribution in [-0.4, -0.2) is 39.7 Å². The van der Waals surface area contributed by atoms with Crippen molar-refractivity contribution in [1.82, 2.24) is 15.0 Å². The number of rotatable bonds is 5. The smallest absolute Gasteiger partial charge is 0.273 e. The Morgan fingerprint density at radius 1 is 1.22 bits per heavy atom. The van der Waals surface area contributed by atoms with Crippen molar-refractivity contribution in [2.45, 2.75) is 33.6 Å². The number of hydrogen-bond acceptors (Lipinski definition) is 6. The van der Waals surface area contributed by atoms with Gasteiger partial charge in [-0.15, -0.1) is 0 Å². The maximum absolute atomic E-state index is 12.4. The van der Waals surface area contributed by atoms with E-state index >= 15 is 0 Å². The number of anilines is 2. The van der Waals surface area contributed by atoms with Crippen LogP contribution in [0.1, 0.15) is 33.6 Å². The maximum Gasteiger partial charge on any atom is 0.273 e. The van der Waals surface area contributed by atoms with Crippen LogP contribution in [-0.2, 0) is 4.79 Å². The van der Waals surface area contributed by atoms with Crippen LogP contribution in [0.5, 0.6) is 0 Å². The third kappa shape index (κ3) is 4.49. The van der Waals surface area contributed by atoms with Crippen molar-refractivity contribution in [3.63, 3.8) is 0 Å². The molecule has 0 aromatic carbocycles. The monoisotopic (exact) mass is 431 g/mol. The topological polar surface area (TPSA) is 124 Å². The van der Waals surface area contributed by atoms with E-state index in [0.29, 0.717) is 17.0 Å². The van der Waals surface area contributed by atoms with Gasteiger partial charge in [0.1, 0.15) is 17.2 Å². The van der Waals surface area contributed by atoms with Gasteiger partial charge in [-0.2, -0.15) is 0 Å². The summed E-state index contributed by atoms with van der Waals surface area (Å²) in [6.45, 7) is 7.69. The number of fused-ring (bicyclic) bond motifs is 1. The van der Waals surface area contributed by atoms with Gasteiger partial charge in [-0.25, -0.2) is 9.97 Å². The Balaban J connectivity index is 1.55. The van der Waals surface area contributed by atoms with Crippen molar-refractivity contribution < 1.29 is 4.79 Å². The number of H-pyrrole nitrogens is 1. The maximum atomic E-state index is 12.4. The van der Waals surface area contributed by atoms with Crippen molar-refractivity contribution in [3.8, 4) is 11.3 Å². The molecule has 32 heavy (non-hydrogen) atoms. The molecule has 0 atom stereocenters. The molecule has 166 valence electrons. The number of piperidine rings is 1. The Morgan fingerprint density at radius 2 is 1.97 bits per heavy atom. The Morgan fingerprint density at radius 3 is 2.69 bits per heavy atom. The summed E-state index contributed by atoms with van der Waals surface area (Å²) < 4.78 is 0. The molecule has 1 saturated heterocycles. The molecule has 0 radical (unpaired) electrons. The number of hydrogen-bond donors (Lipinski definition) is 4. The molecule has 1 amide bonds. The highest BCUT2D eigenvalue weighted by atomic mass is 16.1. The van der Waals surface area contributed by atoms with Crippen LogP contribution in [0.3, 0.4) is 0 Å². The number of carbonyl (C=O) groups is 1. The van der Waals surface area contributed by atoms with Crippen molar-refractivity contribution in [1.29, 1.82) is 5.41 Å². The number of nitrogens with zero attached hydrogens (tertiary/aromatic N) is 3. The zero-order chi connectivity index (χ0) is 22.8. The quantitative estimate of drug-likeness (QED) is 0.453. The SMILES string of the molecule is C/C(N)=C(\C)C(=N)C(=O)Nc1cnc2[nH]c(-c3ccnc(N4CCC(C)CC4)c3)cc2c1. The number of amides is 1. The molecular formula is C24H29N7O. The molecule has 5 N–H and O–H groups in total. The average Bonchev–Trinajstić information content (AvgIpc) is 3.22. The molecule has 8 heteroatoms. The third-order valence-electron chi connectivity index (χ3n) is 6.09. The first-order chi connectivity index (χ1) is 15.3. The van der Waals surface area contributed by atoms with Gasteiger partial charge in [-0.3, -0.25) is 10.2 Å². The minimum Gasteiger partial charge on any atom is -0.402 e. The van der Waals surface area contributed by atoms with Crippen molar-refractivity contribution >= 4 is 34.2 Å². The van der Waals surface area contributed by atoms with Gasteiger partial charge >= 0.3 is 0 Å². The highest BCUT2D eigenvalue weighted by molar-refractivity contribution is 6.47. The third-order valence-corrected chi connectivity index (χ3v) is 6.09. The summed E-state index contributed by atoms with van der Waals surface area (Å²) in [7, 11) is 0. The van der Waals surface area contributed by atoms with Crippen LogP contribution in [0, 0.1) is 11.3 Å². The van der Waals surface area contributed by atoms with E-state index in [0.717, 1.165) is 47.1 Å². The Hall–Kier alpha value is -3.68. The lowest BCUT2D eigenvalue weighted by Crippen LogP contribution is -2.33. The lowest BCUT2D eigenvalue weighted by molar-refractivity contribution is -0.110. The molecule has 1 aliphatic rings. The summed E-state index contributed by atoms with van der Waals surface area (Å²) in [5, 5.41) is 11.6. The molecule has 1 aliphatic heterocycles. The van der Waals surface area contributed by atoms with Crippen LogP contribution >= 0.6 is 0 Å². The van der Waals surface area contributed by atoms with E-state index in [-0.39, 0.29) is 5.71 Å². The molecule has 3 aromatic heterocycles. The normalized spacial score (nSPS) is 15.5. The molecule has 0 saturated carbocycles. The van der Waals surface area contributed by atoms with Gasteiger partial charge in [-0.05, 0) is 62.4 Å². The van der Waals surface area contributed by atoms with E-state index < -0.39 is 5.91 Å². The van der Waals surface area contributed by atoms with Crippen LogP contribution in [0.15, 0.2) is 47.9 Å². The van der Waals surface area contributed by atoms with E-state index in [1.165, 1.54) is 12.8 Å². The highest BCUT2D eigenvalue weighted by Gasteiger charge is 2.18. The van der Waals surface area contributed by atoms with Crippen LogP contribution in [0.25, 0.3) is 22.3 Å². The van der Waals surface area contributed by atoms with Crippen LogP contribution in [0.4, 0.5) is 11.5 Å². The van der Waals surface area contributed by atoms with E-state index in [1.807, 2.05) is 24.4 Å². The fourth-order valence-electron chi connectivity index (χ4n) is 3.80. The predicted octanol–water partition coefficient (Wildman–Crippen LogP) is 4.07. The number of nitrogens with two attached hydrogens (primary N) is 1. The van der Waals surface area contributed by atoms with Gasteiger partial charge < -0.3 is 20.9 Å². The number of nitrogens with one attached hydrogen (secondary N) is 3. The number of aromatic amines is 1. The second-order valence-corrected chi connectivity index (χ2v) is 8.55. The second kappa shape index (κ2) is 8.82. The summed E-state index contributed by atoms with van der Waals surface area (Å²) in [6.07, 6.45) is 5.80. The molecule has 0 unspecified atom stereocenters. The molecule has 4 rings (SSSR count). The molecule has 0 spiro atoms. The summed E-state index contributed by atoms with van der Waals surface area (Å²) in [5.41, 5.74) is 9.68. The lowest BCUT2D eigenvalue weighted by Gasteiger charge is -2.31. The first-order valence-electron chi connectivity index (χ1n) is 10.8. The number of allylic oxidation sites excluding steroid dienone is 1. The molecule has 8 nitrogen and oxygen atoms in total. The minimum atomic E-state index is -0.515. The summed E-state index contributed by atoms with van der Waals surface area (Å²) in [4.78, 5) is 27.1. The van der Waals surface area contributed by atoms with E-state index in [9.17, 15) is 4.79 Å². The summed E-state index contributed by atoms with van der Waals surface area (Å²) >= 11 is 0. The van der Waals surface area contributed by atoms with Gasteiger partial charge in [0.2, 0.25) is 0 Å². The molecular weight excluding hydrogens is 402 g/mol. The zero-order valence-electron chi connectivity index (χ0n) is 18.7. The van der Waals surface area contributed by atoms with Crippen molar-refractivity contribution in [3.05, 3.63) is 47.9 Å². The van der Waals surface area contributed by atoms with Gasteiger partial charge in [0.05, 0.1) is 11.9 Å². The highest BCUT2D eigenvalue weighted by Crippen LogP contribution is 2.28. The number of pyridine rings is 2. The molecule has 0 aliphatic carbocycles. The van der Waals surface area contributed by atoms with E-state index in [2.05, 4.69) is 38.2 Å². The van der Waals surface area contributed by atoms with E-state index in [1.54, 1.807) is 20.0 Å². The molecule has 3 aromatic rings. The van der Waals surface area contributed by atoms with E-state index in [4.69, 9.17) is 11.1 Å². The van der Waals surface area contributed by atoms with Crippen LogP contribution < -0.4 is 16.0 Å². The summed E-state index contributed by atoms with van der Waals surface area (Å²) in [6, 6.07) is 7.94. The lowest BCUT2D eigenvalue weighted by atomic mass is 9.99. The first-order valence-corrected chi connectivity index (χ1v) is 10.8. The Kier molecular flexibility index (Phi) is 5.94. The van der Waals surface area contributed by atoms with Crippen molar-refractivity contribution in [2.75, 3.05) is 23.3 Å². The second-order valence-electron chi connectivity index (χ2n) is 8.55. The number of carbonyl (C=O) groups excluding carboxylic acids is 1. The van der Waals surface area contributed by atoms with Gasteiger partial charge in [0.15, 0.2) is 0 Å². The Bertz CT molecular complexity index is 1200. The van der Waals surface area contributed by atoms with Crippen LogP contribution in [0.2, 0.25) is 0 Å². The first kappa shape index (κ1) is 21.5. The standard InChI is InChI=1S/C24H29N7O/c1-14-5-8-31(9-6-14)21-12-17(4-7-27-21)20-11-18-10-19(13-28-23(18)30-20)29-24(32)22(26)15(2)16(3)25/h4,7,10-14,26H,5-6,8-9,25H2,1-3H3,(H,28,30)(H,29,32)/b16-15-,26-22?. The van der Waals surface area contributed by atoms with Crippen molar-refractivity contribution in [2.24, 2.45) is 11.7 Å². The van der Waals surface area contributed by atoms with Gasteiger partial charge in [0.25, 0.3) is 5.91 Å². The fourth-order valence-corrected chi connectivity index (χ4v) is 3.80. The minimum absolute atomic E-state index is 0.156. The van der Waals surface area contributed by atoms with Gasteiger partial charge in [-0.1, -0.05) is 6.92 Å². The molecule has 1 fully saturated rings. The number of aromatic nitrogens is 3. The fraction of sp³-hybridized carbons (Fsp3) is 0.333. The van der Waals surface area contributed by atoms with Gasteiger partial charge in [0, 0.05) is 41.6 Å². The largest absolute Gasteiger partial charge is 0.402 e. The molecule has 0 bridgehead atoms. The Labute approximate surface area is 187 Å². The zero-order valence-corrected chi connectivity index (χ0v) is 18.7.